The van der Waals surface area contributed by atoms with Gasteiger partial charge in [0.1, 0.15) is 10.6 Å². The van der Waals surface area contributed by atoms with E-state index in [1.807, 2.05) is 30.3 Å². The lowest BCUT2D eigenvalue weighted by Gasteiger charge is -2.13. The molecular weight excluding hydrogens is 414 g/mol. The Hall–Kier alpha value is -2.82. The zero-order chi connectivity index (χ0) is 20.5. The molecule has 0 spiro atoms. The summed E-state index contributed by atoms with van der Waals surface area (Å²) in [4.78, 5) is 20.6. The van der Waals surface area contributed by atoms with Crippen LogP contribution in [0.15, 0.2) is 57.0 Å². The number of nitriles is 1. The van der Waals surface area contributed by atoms with Crippen molar-refractivity contribution in [3.63, 3.8) is 0 Å². The number of aromatic nitrogens is 2. The van der Waals surface area contributed by atoms with Crippen molar-refractivity contribution in [1.29, 1.82) is 5.26 Å². The normalized spacial score (nSPS) is 13.3. The molecule has 0 aliphatic heterocycles. The molecule has 7 heteroatoms. The molecule has 0 unspecified atom stereocenters. The van der Waals surface area contributed by atoms with Gasteiger partial charge in [0.2, 0.25) is 0 Å². The number of hydrogen-bond acceptors (Lipinski definition) is 6. The van der Waals surface area contributed by atoms with Crippen LogP contribution in [0.3, 0.4) is 0 Å². The van der Waals surface area contributed by atoms with Crippen LogP contribution in [0.25, 0.3) is 10.2 Å². The van der Waals surface area contributed by atoms with Gasteiger partial charge in [-0.1, -0.05) is 23.9 Å². The smallest absolute Gasteiger partial charge is 0.263 e. The van der Waals surface area contributed by atoms with E-state index in [0.29, 0.717) is 23.0 Å². The van der Waals surface area contributed by atoms with Crippen molar-refractivity contribution in [2.24, 2.45) is 0 Å². The van der Waals surface area contributed by atoms with E-state index in [1.165, 1.54) is 28.6 Å². The summed E-state index contributed by atoms with van der Waals surface area (Å²) in [5, 5.41) is 10.6. The minimum Gasteiger partial charge on any atom is -0.467 e. The van der Waals surface area contributed by atoms with Crippen LogP contribution >= 0.6 is 23.1 Å². The third-order valence-corrected chi connectivity index (χ3v) is 7.59. The number of fused-ring (bicyclic) bond motifs is 3. The molecule has 30 heavy (non-hydrogen) atoms. The van der Waals surface area contributed by atoms with Crippen LogP contribution in [-0.4, -0.2) is 9.55 Å². The Bertz CT molecular complexity index is 1310. The van der Waals surface area contributed by atoms with Crippen molar-refractivity contribution in [2.45, 2.75) is 43.1 Å². The zero-order valence-electron chi connectivity index (χ0n) is 16.3. The SMILES string of the molecule is N#Cc1cccc(CSc2nc3sc4c(c3c(=O)n2Cc2ccco2)CCCC4)c1. The van der Waals surface area contributed by atoms with Crippen LogP contribution in [0, 0.1) is 11.3 Å². The topological polar surface area (TPSA) is 71.8 Å². The molecule has 0 amide bonds. The average molecular weight is 434 g/mol. The summed E-state index contributed by atoms with van der Waals surface area (Å²) in [7, 11) is 0. The van der Waals surface area contributed by atoms with E-state index >= 15 is 0 Å². The number of hydrogen-bond donors (Lipinski definition) is 0. The molecule has 5 rings (SSSR count). The molecule has 3 heterocycles. The second-order valence-electron chi connectivity index (χ2n) is 7.36. The van der Waals surface area contributed by atoms with Crippen molar-refractivity contribution in [3.05, 3.63) is 80.3 Å². The van der Waals surface area contributed by atoms with Crippen LogP contribution in [0.4, 0.5) is 0 Å². The molecule has 0 saturated carbocycles. The zero-order valence-corrected chi connectivity index (χ0v) is 17.9. The maximum Gasteiger partial charge on any atom is 0.263 e. The molecule has 0 N–H and O–H groups in total. The molecule has 4 aromatic rings. The molecule has 0 saturated heterocycles. The highest BCUT2D eigenvalue weighted by Crippen LogP contribution is 2.35. The molecule has 0 radical (unpaired) electrons. The van der Waals surface area contributed by atoms with E-state index in [4.69, 9.17) is 14.7 Å². The molecular formula is C23H19N3O2S2. The number of aryl methyl sites for hydroxylation is 2. The van der Waals surface area contributed by atoms with Crippen molar-refractivity contribution >= 4 is 33.3 Å². The predicted octanol–water partition coefficient (Wildman–Crippen LogP) is 5.14. The van der Waals surface area contributed by atoms with Gasteiger partial charge >= 0.3 is 0 Å². The number of benzene rings is 1. The summed E-state index contributed by atoms with van der Waals surface area (Å²) in [5.74, 6) is 1.37. The van der Waals surface area contributed by atoms with Crippen molar-refractivity contribution in [2.75, 3.05) is 0 Å². The monoisotopic (exact) mass is 433 g/mol. The number of furan rings is 1. The van der Waals surface area contributed by atoms with E-state index in [0.717, 1.165) is 40.8 Å². The van der Waals surface area contributed by atoms with Crippen LogP contribution in [0.2, 0.25) is 0 Å². The van der Waals surface area contributed by atoms with Gasteiger partial charge in [-0.25, -0.2) is 4.98 Å². The van der Waals surface area contributed by atoms with E-state index in [9.17, 15) is 4.79 Å². The minimum atomic E-state index is 0.0177. The van der Waals surface area contributed by atoms with Crippen molar-refractivity contribution in [3.8, 4) is 6.07 Å². The summed E-state index contributed by atoms with van der Waals surface area (Å²) in [6, 6.07) is 13.4. The van der Waals surface area contributed by atoms with E-state index in [2.05, 4.69) is 6.07 Å². The predicted molar refractivity (Wildman–Crippen MR) is 119 cm³/mol. The second kappa shape index (κ2) is 8.13. The Kier molecular flexibility index (Phi) is 5.19. The van der Waals surface area contributed by atoms with Gasteiger partial charge in [0.15, 0.2) is 5.16 Å². The van der Waals surface area contributed by atoms with Crippen LogP contribution < -0.4 is 5.56 Å². The summed E-state index contributed by atoms with van der Waals surface area (Å²) >= 11 is 3.19. The van der Waals surface area contributed by atoms with E-state index in [1.54, 1.807) is 28.2 Å². The second-order valence-corrected chi connectivity index (χ2v) is 9.38. The van der Waals surface area contributed by atoms with Gasteiger partial charge < -0.3 is 4.42 Å². The Morgan fingerprint density at radius 1 is 1.23 bits per heavy atom. The molecule has 150 valence electrons. The fourth-order valence-corrected chi connectivity index (χ4v) is 6.15. The first-order chi connectivity index (χ1) is 14.7. The third kappa shape index (κ3) is 3.57. The quantitative estimate of drug-likeness (QED) is 0.322. The molecule has 5 nitrogen and oxygen atoms in total. The Labute approximate surface area is 182 Å². The molecule has 1 aliphatic carbocycles. The molecule has 0 bridgehead atoms. The van der Waals surface area contributed by atoms with E-state index < -0.39 is 0 Å². The van der Waals surface area contributed by atoms with Gasteiger partial charge in [-0.3, -0.25) is 9.36 Å². The molecule has 1 aliphatic rings. The summed E-state index contributed by atoms with van der Waals surface area (Å²) < 4.78 is 7.25. The molecule has 3 aromatic heterocycles. The van der Waals surface area contributed by atoms with Crippen molar-refractivity contribution < 1.29 is 4.42 Å². The Morgan fingerprint density at radius 2 is 2.13 bits per heavy atom. The Balaban J connectivity index is 1.58. The molecule has 1 aromatic carbocycles. The van der Waals surface area contributed by atoms with Gasteiger partial charge in [-0.05, 0) is 61.1 Å². The molecule has 0 atom stereocenters. The maximum absolute atomic E-state index is 13.6. The Morgan fingerprint density at radius 3 is 2.97 bits per heavy atom. The van der Waals surface area contributed by atoms with Crippen LogP contribution in [0.1, 0.15) is 40.2 Å². The van der Waals surface area contributed by atoms with Gasteiger partial charge in [-0.2, -0.15) is 5.26 Å². The summed E-state index contributed by atoms with van der Waals surface area (Å²) in [6.45, 7) is 0.361. The van der Waals surface area contributed by atoms with Gasteiger partial charge in [-0.15, -0.1) is 11.3 Å². The molecule has 0 fully saturated rings. The third-order valence-electron chi connectivity index (χ3n) is 5.36. The average Bonchev–Trinajstić information content (AvgIpc) is 3.42. The first-order valence-corrected chi connectivity index (χ1v) is 11.7. The number of thioether (sulfide) groups is 1. The van der Waals surface area contributed by atoms with Crippen LogP contribution in [-0.2, 0) is 25.1 Å². The lowest BCUT2D eigenvalue weighted by molar-refractivity contribution is 0.476. The number of rotatable bonds is 5. The summed E-state index contributed by atoms with van der Waals surface area (Å²) in [6.07, 6.45) is 5.93. The van der Waals surface area contributed by atoms with Gasteiger partial charge in [0.05, 0.1) is 29.8 Å². The van der Waals surface area contributed by atoms with Crippen LogP contribution in [0.5, 0.6) is 0 Å². The lowest BCUT2D eigenvalue weighted by atomic mass is 9.97. The lowest BCUT2D eigenvalue weighted by Crippen LogP contribution is -2.24. The fourth-order valence-electron chi connectivity index (χ4n) is 3.91. The first-order valence-electron chi connectivity index (χ1n) is 9.92. The highest BCUT2D eigenvalue weighted by Gasteiger charge is 2.22. The summed E-state index contributed by atoms with van der Waals surface area (Å²) in [5.41, 5.74) is 2.88. The van der Waals surface area contributed by atoms with Gasteiger partial charge in [0, 0.05) is 10.6 Å². The fraction of sp³-hybridized carbons (Fsp3) is 0.261. The number of thiophene rings is 1. The maximum atomic E-state index is 13.6. The van der Waals surface area contributed by atoms with E-state index in [-0.39, 0.29) is 5.56 Å². The highest BCUT2D eigenvalue weighted by atomic mass is 32.2. The van der Waals surface area contributed by atoms with Crippen molar-refractivity contribution in [1.82, 2.24) is 9.55 Å². The largest absolute Gasteiger partial charge is 0.467 e. The minimum absolute atomic E-state index is 0.0177. The number of nitrogens with zero attached hydrogens (tertiary/aromatic N) is 3. The first kappa shape index (κ1) is 19.2. The van der Waals surface area contributed by atoms with Gasteiger partial charge in [0.25, 0.3) is 5.56 Å². The standard InChI is InChI=1S/C23H19N3O2S2/c24-12-15-5-3-6-16(11-15)14-29-23-25-21-20(18-8-1-2-9-19(18)30-21)22(27)26(23)13-17-7-4-10-28-17/h3-7,10-11H,1-2,8-9,13-14H2. The highest BCUT2D eigenvalue weighted by molar-refractivity contribution is 7.98.